The van der Waals surface area contributed by atoms with Gasteiger partial charge in [-0.1, -0.05) is 29.3 Å². The summed E-state index contributed by atoms with van der Waals surface area (Å²) in [5.74, 6) is -1.51. The summed E-state index contributed by atoms with van der Waals surface area (Å²) >= 11 is 12.9. The second-order valence-electron chi connectivity index (χ2n) is 12.5. The first kappa shape index (κ1) is 40.4. The van der Waals surface area contributed by atoms with Crippen molar-refractivity contribution in [2.24, 2.45) is 5.92 Å². The third-order valence-electron chi connectivity index (χ3n) is 8.62. The highest BCUT2D eigenvalue weighted by Gasteiger charge is 2.28. The summed E-state index contributed by atoms with van der Waals surface area (Å²) < 4.78 is 85.7. The Morgan fingerprint density at radius 1 is 1.08 bits per heavy atom. The van der Waals surface area contributed by atoms with E-state index in [1.54, 1.807) is 6.20 Å². The lowest BCUT2D eigenvalue weighted by Gasteiger charge is -2.30. The van der Waals surface area contributed by atoms with Gasteiger partial charge in [-0.05, 0) is 60.2 Å². The number of ether oxygens (including phenoxy) is 6. The molecule has 2 heterocycles. The van der Waals surface area contributed by atoms with Gasteiger partial charge in [0.15, 0.2) is 18.1 Å². The Morgan fingerprint density at radius 3 is 2.47 bits per heavy atom. The van der Waals surface area contributed by atoms with Crippen molar-refractivity contribution in [1.82, 2.24) is 10.2 Å². The fraction of sp³-hybridized carbons (Fsp3) is 0.486. The van der Waals surface area contributed by atoms with E-state index in [0.29, 0.717) is 61.5 Å². The summed E-state index contributed by atoms with van der Waals surface area (Å²) in [4.78, 5) is 28.5. The molecule has 18 heteroatoms. The topological polar surface area (TPSA) is 142 Å². The number of esters is 2. The van der Waals surface area contributed by atoms with E-state index in [2.05, 4.69) is 15.0 Å². The predicted octanol–water partition coefficient (Wildman–Crippen LogP) is 5.19. The molecular formula is C35H41Cl2F2N3O10S. The van der Waals surface area contributed by atoms with Crippen LogP contribution >= 0.6 is 23.2 Å². The zero-order valence-corrected chi connectivity index (χ0v) is 31.5. The zero-order valence-electron chi connectivity index (χ0n) is 29.2. The van der Waals surface area contributed by atoms with Crippen LogP contribution in [0.3, 0.4) is 0 Å². The molecule has 53 heavy (non-hydrogen) atoms. The van der Waals surface area contributed by atoms with E-state index in [1.165, 1.54) is 43.5 Å². The maximum Gasteiger partial charge on any atom is 0.387 e. The Kier molecular flexibility index (Phi) is 14.1. The van der Waals surface area contributed by atoms with Crippen LogP contribution in [-0.2, 0) is 29.0 Å². The number of dihydropyridines is 1. The number of halogens is 4. The second-order valence-corrected chi connectivity index (χ2v) is 15.3. The zero-order chi connectivity index (χ0) is 38.1. The van der Waals surface area contributed by atoms with Crippen LogP contribution in [-0.4, -0.2) is 104 Å². The Labute approximate surface area is 316 Å². The van der Waals surface area contributed by atoms with Crippen molar-refractivity contribution >= 4 is 50.9 Å². The molecule has 1 aliphatic carbocycles. The molecule has 0 bridgehead atoms. The fourth-order valence-electron chi connectivity index (χ4n) is 5.63. The average Bonchev–Trinajstić information content (AvgIpc) is 3.96. The lowest BCUT2D eigenvalue weighted by atomic mass is 9.99. The normalized spacial score (nSPS) is 17.1. The standard InChI is InChI=1S/C35H41Cl2F2N3O10S/c1-47-29-7-6-24(15-28(29)42(53(2,45)46)10-9-41-11-13-48-14-12-41)34(44)50-21-33(43)51-31(17-25-26(36)18-40-19-27(25)37)23-5-8-30(52-35(38)39)32(16-23)49-20-22-3-4-22/h5-8,15-16,18,22,31,35,40H,3-4,9-14,17,19-21H2,1-2H3/t31-/m0/s1. The van der Waals surface area contributed by atoms with E-state index in [0.717, 1.165) is 23.4 Å². The maximum absolute atomic E-state index is 13.2. The molecule has 1 saturated carbocycles. The van der Waals surface area contributed by atoms with Gasteiger partial charge in [0.2, 0.25) is 10.0 Å². The summed E-state index contributed by atoms with van der Waals surface area (Å²) in [7, 11) is -2.43. The number of methoxy groups -OCH3 is 1. The number of nitrogens with zero attached hydrogens (tertiary/aromatic N) is 2. The molecule has 0 spiro atoms. The van der Waals surface area contributed by atoms with Gasteiger partial charge in [-0.3, -0.25) is 9.21 Å². The monoisotopic (exact) mass is 803 g/mol. The van der Waals surface area contributed by atoms with Crippen molar-refractivity contribution in [2.75, 3.05) is 76.8 Å². The molecule has 0 aromatic heterocycles. The first-order chi connectivity index (χ1) is 25.3. The molecule has 0 unspecified atom stereocenters. The Morgan fingerprint density at radius 2 is 1.81 bits per heavy atom. The number of benzene rings is 2. The van der Waals surface area contributed by atoms with Crippen LogP contribution < -0.4 is 23.8 Å². The summed E-state index contributed by atoms with van der Waals surface area (Å²) in [6.45, 7) is -0.469. The van der Waals surface area contributed by atoms with Gasteiger partial charge in [0.25, 0.3) is 0 Å². The molecule has 1 saturated heterocycles. The number of sulfonamides is 1. The number of morpholine rings is 1. The van der Waals surface area contributed by atoms with Gasteiger partial charge >= 0.3 is 18.6 Å². The van der Waals surface area contributed by atoms with Crippen LogP contribution in [0.1, 0.15) is 41.3 Å². The van der Waals surface area contributed by atoms with Crippen molar-refractivity contribution < 1.29 is 55.2 Å². The molecule has 2 fully saturated rings. The van der Waals surface area contributed by atoms with Gasteiger partial charge < -0.3 is 33.7 Å². The van der Waals surface area contributed by atoms with Gasteiger partial charge in [0, 0.05) is 43.8 Å². The van der Waals surface area contributed by atoms with E-state index in [4.69, 9.17) is 46.9 Å². The van der Waals surface area contributed by atoms with Crippen molar-refractivity contribution in [3.05, 3.63) is 69.4 Å². The van der Waals surface area contributed by atoms with E-state index >= 15 is 0 Å². The average molecular weight is 805 g/mol. The number of hydrogen-bond acceptors (Lipinski definition) is 12. The third kappa shape index (κ3) is 11.6. The number of allylic oxidation sites excluding steroid dienone is 1. The number of hydrogen-bond donors (Lipinski definition) is 1. The van der Waals surface area contributed by atoms with Crippen LogP contribution in [0, 0.1) is 5.92 Å². The second kappa shape index (κ2) is 18.5. The number of carbonyl (C=O) groups is 2. The third-order valence-corrected chi connectivity index (χ3v) is 10.5. The van der Waals surface area contributed by atoms with Gasteiger partial charge in [-0.25, -0.2) is 18.0 Å². The molecule has 3 aliphatic rings. The summed E-state index contributed by atoms with van der Waals surface area (Å²) in [6, 6.07) is 8.33. The molecule has 2 aliphatic heterocycles. The molecule has 0 radical (unpaired) electrons. The maximum atomic E-state index is 13.2. The van der Waals surface area contributed by atoms with Crippen LogP contribution in [0.25, 0.3) is 0 Å². The van der Waals surface area contributed by atoms with Gasteiger partial charge in [0.05, 0.1) is 56.0 Å². The van der Waals surface area contributed by atoms with Gasteiger partial charge in [-0.15, -0.1) is 0 Å². The first-order valence-electron chi connectivity index (χ1n) is 16.8. The minimum Gasteiger partial charge on any atom is -0.495 e. The fourth-order valence-corrected chi connectivity index (χ4v) is 7.12. The number of carbonyl (C=O) groups excluding carboxylic acids is 2. The molecule has 1 N–H and O–H groups in total. The smallest absolute Gasteiger partial charge is 0.387 e. The number of rotatable bonds is 18. The molecule has 1 atom stereocenters. The number of alkyl halides is 2. The molecule has 2 aromatic carbocycles. The summed E-state index contributed by atoms with van der Waals surface area (Å²) in [5.41, 5.74) is 0.914. The minimum absolute atomic E-state index is 0.0136. The van der Waals surface area contributed by atoms with Crippen LogP contribution in [0.5, 0.6) is 17.2 Å². The number of anilines is 1. The van der Waals surface area contributed by atoms with Crippen LogP contribution in [0.4, 0.5) is 14.5 Å². The highest BCUT2D eigenvalue weighted by molar-refractivity contribution is 7.92. The Balaban J connectivity index is 1.32. The first-order valence-corrected chi connectivity index (χ1v) is 19.4. The van der Waals surface area contributed by atoms with E-state index in [9.17, 15) is 26.8 Å². The van der Waals surface area contributed by atoms with Crippen LogP contribution in [0.15, 0.2) is 58.2 Å². The van der Waals surface area contributed by atoms with E-state index < -0.39 is 41.3 Å². The lowest BCUT2D eigenvalue weighted by molar-refractivity contribution is -0.153. The van der Waals surface area contributed by atoms with E-state index in [1.807, 2.05) is 0 Å². The van der Waals surface area contributed by atoms with Crippen LogP contribution in [0.2, 0.25) is 0 Å². The SMILES string of the molecule is COc1ccc(C(=O)OCC(=O)O[C@@H](CC2=C(Cl)CNC=C2Cl)c2ccc(OC(F)F)c(OCC3CC3)c2)cc1N(CCN1CCOCC1)S(C)(=O)=O. The minimum atomic E-state index is -3.81. The van der Waals surface area contributed by atoms with Crippen molar-refractivity contribution in [3.63, 3.8) is 0 Å². The highest BCUT2D eigenvalue weighted by Crippen LogP contribution is 2.39. The molecule has 13 nitrogen and oxygen atoms in total. The highest BCUT2D eigenvalue weighted by atomic mass is 35.5. The summed E-state index contributed by atoms with van der Waals surface area (Å²) in [5, 5.41) is 3.57. The molecular weight excluding hydrogens is 763 g/mol. The quantitative estimate of drug-likeness (QED) is 0.198. The van der Waals surface area contributed by atoms with Gasteiger partial charge in [0.1, 0.15) is 11.9 Å². The predicted molar refractivity (Wildman–Crippen MR) is 192 cm³/mol. The molecule has 0 amide bonds. The van der Waals surface area contributed by atoms with Crippen molar-refractivity contribution in [2.45, 2.75) is 32.0 Å². The lowest BCUT2D eigenvalue weighted by Crippen LogP contribution is -2.43. The molecule has 5 rings (SSSR count). The Hall–Kier alpha value is -3.83. The van der Waals surface area contributed by atoms with E-state index in [-0.39, 0.29) is 53.0 Å². The molecule has 2 aromatic rings. The van der Waals surface area contributed by atoms with Gasteiger partial charge in [-0.2, -0.15) is 8.78 Å². The Bertz CT molecular complexity index is 1800. The van der Waals surface area contributed by atoms with Crippen molar-refractivity contribution in [3.8, 4) is 17.2 Å². The largest absolute Gasteiger partial charge is 0.495 e. The summed E-state index contributed by atoms with van der Waals surface area (Å²) in [6.07, 6.45) is 3.43. The molecule has 290 valence electrons. The van der Waals surface area contributed by atoms with Crippen molar-refractivity contribution in [1.29, 1.82) is 0 Å². The number of nitrogens with one attached hydrogen (secondary N) is 1.